The highest BCUT2D eigenvalue weighted by Gasteiger charge is 2.02. The number of amidine groups is 2. The molecule has 0 aliphatic heterocycles. The lowest BCUT2D eigenvalue weighted by molar-refractivity contribution is 0.287. The maximum Gasteiger partial charge on any atom is 0.288 e. The molecule has 2 aromatic rings. The molecule has 0 aromatic heterocycles. The molecule has 0 heterocycles. The maximum atomic E-state index is 9.01. The molecule has 22 heavy (non-hydrogen) atoms. The third-order valence-corrected chi connectivity index (χ3v) is 2.83. The molecular formula is C16H18N4O2. The summed E-state index contributed by atoms with van der Waals surface area (Å²) in [6.45, 7) is 1.93. The molecule has 0 amide bonds. The van der Waals surface area contributed by atoms with Gasteiger partial charge in [0, 0.05) is 5.56 Å². The largest absolute Gasteiger partial charge is 0.460 e. The number of anilines is 1. The molecule has 114 valence electrons. The van der Waals surface area contributed by atoms with Gasteiger partial charge in [-0.25, -0.2) is 4.99 Å². The predicted octanol–water partition coefficient (Wildman–Crippen LogP) is 3.07. The summed E-state index contributed by atoms with van der Waals surface area (Å²) in [5.74, 6) is 0.497. The molecule has 6 heteroatoms. The molecule has 0 bridgehead atoms. The molecule has 0 saturated carbocycles. The van der Waals surface area contributed by atoms with E-state index in [9.17, 15) is 0 Å². The Morgan fingerprint density at radius 2 is 1.82 bits per heavy atom. The zero-order valence-electron chi connectivity index (χ0n) is 12.2. The van der Waals surface area contributed by atoms with Gasteiger partial charge in [-0.2, -0.15) is 4.99 Å². The van der Waals surface area contributed by atoms with E-state index in [1.54, 1.807) is 19.1 Å². The number of rotatable bonds is 4. The van der Waals surface area contributed by atoms with E-state index in [0.29, 0.717) is 11.5 Å². The Hall–Kier alpha value is -2.86. The van der Waals surface area contributed by atoms with E-state index in [4.69, 9.17) is 15.7 Å². The summed E-state index contributed by atoms with van der Waals surface area (Å²) in [5, 5.41) is 9.01. The average molecular weight is 298 g/mol. The van der Waals surface area contributed by atoms with Gasteiger partial charge in [-0.1, -0.05) is 36.4 Å². The lowest BCUT2D eigenvalue weighted by Crippen LogP contribution is -2.17. The van der Waals surface area contributed by atoms with Gasteiger partial charge in [0.2, 0.25) is 0 Å². The van der Waals surface area contributed by atoms with Crippen LogP contribution in [0.4, 0.5) is 11.4 Å². The van der Waals surface area contributed by atoms with Crippen LogP contribution in [0.2, 0.25) is 0 Å². The molecule has 0 aliphatic rings. The Morgan fingerprint density at radius 3 is 2.55 bits per heavy atom. The SMILES string of the molecule is CC(=Nc1ccccc1)N=C(N)OCc1ccccc1NO. The van der Waals surface area contributed by atoms with E-state index in [2.05, 4.69) is 15.5 Å². The van der Waals surface area contributed by atoms with Crippen molar-refractivity contribution in [2.75, 3.05) is 5.48 Å². The van der Waals surface area contributed by atoms with Crippen LogP contribution in [-0.2, 0) is 11.3 Å². The van der Waals surface area contributed by atoms with Crippen molar-refractivity contribution in [1.82, 2.24) is 0 Å². The Labute approximate surface area is 128 Å². The van der Waals surface area contributed by atoms with Gasteiger partial charge in [0.1, 0.15) is 12.4 Å². The topological polar surface area (TPSA) is 92.2 Å². The van der Waals surface area contributed by atoms with Crippen LogP contribution in [0, 0.1) is 0 Å². The van der Waals surface area contributed by atoms with Gasteiger partial charge >= 0.3 is 0 Å². The zero-order chi connectivity index (χ0) is 15.8. The fourth-order valence-electron chi connectivity index (χ4n) is 1.81. The van der Waals surface area contributed by atoms with Crippen LogP contribution in [0.5, 0.6) is 0 Å². The molecule has 0 atom stereocenters. The van der Waals surface area contributed by atoms with E-state index in [0.717, 1.165) is 11.3 Å². The standard InChI is InChI=1S/C16H18N4O2/c1-12(18-14-8-3-2-4-9-14)19-16(17)22-11-13-7-5-6-10-15(13)20-21/h2-10,20-21H,11H2,1H3,(H2,17,18,19). The first-order valence-corrected chi connectivity index (χ1v) is 6.74. The number of hydrogen-bond acceptors (Lipinski definition) is 4. The highest BCUT2D eigenvalue weighted by molar-refractivity contribution is 5.93. The Bertz CT molecular complexity index is 669. The van der Waals surface area contributed by atoms with Crippen LogP contribution in [-0.4, -0.2) is 17.1 Å². The Morgan fingerprint density at radius 1 is 1.14 bits per heavy atom. The van der Waals surface area contributed by atoms with Gasteiger partial charge < -0.3 is 10.5 Å². The van der Waals surface area contributed by atoms with Crippen LogP contribution in [0.25, 0.3) is 0 Å². The molecule has 2 aromatic carbocycles. The molecule has 0 radical (unpaired) electrons. The van der Waals surface area contributed by atoms with Crippen LogP contribution < -0.4 is 11.2 Å². The third-order valence-electron chi connectivity index (χ3n) is 2.83. The van der Waals surface area contributed by atoms with Crippen molar-refractivity contribution in [3.05, 3.63) is 60.2 Å². The van der Waals surface area contributed by atoms with Crippen LogP contribution in [0.15, 0.2) is 64.6 Å². The van der Waals surface area contributed by atoms with Gasteiger partial charge in [-0.05, 0) is 25.1 Å². The van der Waals surface area contributed by atoms with Crippen LogP contribution in [0.1, 0.15) is 12.5 Å². The summed E-state index contributed by atoms with van der Waals surface area (Å²) in [5.41, 5.74) is 9.96. The molecular weight excluding hydrogens is 280 g/mol. The Kier molecular flexibility index (Phi) is 5.50. The second-order valence-corrected chi connectivity index (χ2v) is 4.50. The number of nitrogens with two attached hydrogens (primary N) is 1. The highest BCUT2D eigenvalue weighted by Crippen LogP contribution is 2.15. The van der Waals surface area contributed by atoms with Crippen molar-refractivity contribution < 1.29 is 9.94 Å². The third kappa shape index (κ3) is 4.60. The predicted molar refractivity (Wildman–Crippen MR) is 87.5 cm³/mol. The fourth-order valence-corrected chi connectivity index (χ4v) is 1.81. The van der Waals surface area contributed by atoms with Crippen molar-refractivity contribution in [2.24, 2.45) is 15.7 Å². The van der Waals surface area contributed by atoms with Gasteiger partial charge in [-0.3, -0.25) is 10.7 Å². The van der Waals surface area contributed by atoms with Crippen LogP contribution in [0.3, 0.4) is 0 Å². The van der Waals surface area contributed by atoms with Crippen molar-refractivity contribution in [1.29, 1.82) is 0 Å². The van der Waals surface area contributed by atoms with Crippen LogP contribution >= 0.6 is 0 Å². The van der Waals surface area contributed by atoms with Crippen molar-refractivity contribution in [3.8, 4) is 0 Å². The summed E-state index contributed by atoms with van der Waals surface area (Å²) in [4.78, 5) is 8.39. The van der Waals surface area contributed by atoms with E-state index in [1.807, 2.05) is 42.5 Å². The first kappa shape index (κ1) is 15.5. The number of ether oxygens (including phenoxy) is 1. The van der Waals surface area contributed by atoms with Gasteiger partial charge in [0.05, 0.1) is 11.4 Å². The maximum absolute atomic E-state index is 9.01. The van der Waals surface area contributed by atoms with Gasteiger partial charge in [0.15, 0.2) is 0 Å². The first-order valence-electron chi connectivity index (χ1n) is 6.74. The van der Waals surface area contributed by atoms with Crippen molar-refractivity contribution >= 4 is 23.2 Å². The fraction of sp³-hybridized carbons (Fsp3) is 0.125. The van der Waals surface area contributed by atoms with E-state index in [1.165, 1.54) is 0 Å². The molecule has 6 nitrogen and oxygen atoms in total. The molecule has 0 unspecified atom stereocenters. The summed E-state index contributed by atoms with van der Waals surface area (Å²) in [7, 11) is 0. The minimum atomic E-state index is 0.0184. The monoisotopic (exact) mass is 298 g/mol. The molecule has 4 N–H and O–H groups in total. The van der Waals surface area contributed by atoms with Crippen molar-refractivity contribution in [2.45, 2.75) is 13.5 Å². The number of para-hydroxylation sites is 2. The number of nitrogens with zero attached hydrogens (tertiary/aromatic N) is 2. The lowest BCUT2D eigenvalue weighted by atomic mass is 10.2. The van der Waals surface area contributed by atoms with E-state index in [-0.39, 0.29) is 12.6 Å². The summed E-state index contributed by atoms with van der Waals surface area (Å²) in [6, 6.07) is 16.7. The van der Waals surface area contributed by atoms with Gasteiger partial charge in [-0.15, -0.1) is 0 Å². The smallest absolute Gasteiger partial charge is 0.288 e. The molecule has 0 aliphatic carbocycles. The van der Waals surface area contributed by atoms with E-state index >= 15 is 0 Å². The number of aliphatic imine (C=N–C) groups is 2. The Balaban J connectivity index is 1.99. The molecule has 0 spiro atoms. The van der Waals surface area contributed by atoms with Crippen molar-refractivity contribution in [3.63, 3.8) is 0 Å². The van der Waals surface area contributed by atoms with E-state index < -0.39 is 0 Å². The number of hydrogen-bond donors (Lipinski definition) is 3. The second kappa shape index (κ2) is 7.80. The molecule has 2 rings (SSSR count). The quantitative estimate of drug-likeness (QED) is 0.459. The minimum Gasteiger partial charge on any atom is -0.460 e. The summed E-state index contributed by atoms with van der Waals surface area (Å²) >= 11 is 0. The molecule has 0 saturated heterocycles. The van der Waals surface area contributed by atoms with Gasteiger partial charge in [0.25, 0.3) is 6.02 Å². The number of nitrogens with one attached hydrogen (secondary N) is 1. The first-order chi connectivity index (χ1) is 10.7. The normalized spacial score (nSPS) is 12.1. The second-order valence-electron chi connectivity index (χ2n) is 4.50. The average Bonchev–Trinajstić information content (AvgIpc) is 2.54. The summed E-state index contributed by atoms with van der Waals surface area (Å²) < 4.78 is 5.37. The number of benzene rings is 2. The summed E-state index contributed by atoms with van der Waals surface area (Å²) in [6.07, 6.45) is 0. The lowest BCUT2D eigenvalue weighted by Gasteiger charge is -2.09. The molecule has 0 fully saturated rings. The minimum absolute atomic E-state index is 0.0184. The highest BCUT2D eigenvalue weighted by atomic mass is 16.5. The zero-order valence-corrected chi connectivity index (χ0v) is 12.2.